The number of aromatic nitrogens is 1. The number of aryl methyl sites for hydroxylation is 1. The summed E-state index contributed by atoms with van der Waals surface area (Å²) in [5, 5.41) is 3.08. The topological polar surface area (TPSA) is 51.1 Å². The van der Waals surface area contributed by atoms with Crippen molar-refractivity contribution in [3.05, 3.63) is 107 Å². The Balaban J connectivity index is 1.73. The van der Waals surface area contributed by atoms with E-state index in [0.717, 1.165) is 11.1 Å². The number of nitrogens with one attached hydrogen (secondary N) is 1. The molecule has 0 spiro atoms. The largest absolute Gasteiger partial charge is 0.345 e. The lowest BCUT2D eigenvalue weighted by Crippen LogP contribution is -2.31. The lowest BCUT2D eigenvalue weighted by atomic mass is 9.98. The summed E-state index contributed by atoms with van der Waals surface area (Å²) in [4.78, 5) is 24.2. The zero-order valence-electron chi connectivity index (χ0n) is 13.8. The molecule has 0 radical (unpaired) electrons. The number of carbonyl (C=O) groups excluding carboxylic acids is 1. The smallest absolute Gasteiger partial charge is 0.250 e. The predicted octanol–water partition coefficient (Wildman–Crippen LogP) is 3.14. The van der Waals surface area contributed by atoms with Crippen molar-refractivity contribution in [1.29, 1.82) is 0 Å². The molecule has 1 N–H and O–H groups in total. The van der Waals surface area contributed by atoms with E-state index in [2.05, 4.69) is 5.32 Å². The minimum Gasteiger partial charge on any atom is -0.345 e. The second-order valence-corrected chi connectivity index (χ2v) is 5.80. The molecule has 3 aromatic rings. The third kappa shape index (κ3) is 4.44. The van der Waals surface area contributed by atoms with Gasteiger partial charge in [-0.05, 0) is 17.2 Å². The normalized spacial score (nSPS) is 10.6. The van der Waals surface area contributed by atoms with Gasteiger partial charge in [0.25, 0.3) is 5.56 Å². The second kappa shape index (κ2) is 8.11. The van der Waals surface area contributed by atoms with E-state index in [0.29, 0.717) is 6.54 Å². The van der Waals surface area contributed by atoms with Gasteiger partial charge in [-0.25, -0.2) is 0 Å². The fourth-order valence-corrected chi connectivity index (χ4v) is 2.75. The van der Waals surface area contributed by atoms with Crippen LogP contribution >= 0.6 is 0 Å². The van der Waals surface area contributed by atoms with Crippen LogP contribution in [0.3, 0.4) is 0 Å². The molecule has 0 fully saturated rings. The molecule has 0 saturated carbocycles. The summed E-state index contributed by atoms with van der Waals surface area (Å²) < 4.78 is 1.54. The molecule has 4 heteroatoms. The van der Waals surface area contributed by atoms with E-state index in [-0.39, 0.29) is 23.9 Å². The average Bonchev–Trinajstić information content (AvgIpc) is 2.67. The molecule has 0 aliphatic rings. The first-order valence-corrected chi connectivity index (χ1v) is 8.29. The summed E-state index contributed by atoms with van der Waals surface area (Å²) in [6.07, 6.45) is 1.95. The summed E-state index contributed by atoms with van der Waals surface area (Å²) in [7, 11) is 0. The van der Waals surface area contributed by atoms with Crippen LogP contribution in [0.1, 0.15) is 23.6 Å². The van der Waals surface area contributed by atoms with Gasteiger partial charge in [-0.2, -0.15) is 0 Å². The summed E-state index contributed by atoms with van der Waals surface area (Å²) in [6, 6.07) is 24.5. The standard InChI is InChI=1S/C21H20N2O2/c24-19(14-16-23-15-8-7-13-20(23)25)22-21(17-9-3-1-4-10-17)18-11-5-2-6-12-18/h1-13,15,21H,14,16H2,(H,22,24). The van der Waals surface area contributed by atoms with E-state index in [4.69, 9.17) is 0 Å². The van der Waals surface area contributed by atoms with E-state index < -0.39 is 0 Å². The lowest BCUT2D eigenvalue weighted by Gasteiger charge is -2.20. The van der Waals surface area contributed by atoms with Gasteiger partial charge in [-0.1, -0.05) is 66.7 Å². The van der Waals surface area contributed by atoms with E-state index in [1.807, 2.05) is 60.7 Å². The molecule has 3 rings (SSSR count). The summed E-state index contributed by atoms with van der Waals surface area (Å²) >= 11 is 0. The Kier molecular flexibility index (Phi) is 5.42. The SMILES string of the molecule is O=C(CCn1ccccc1=O)NC(c1ccccc1)c1ccccc1. The first-order chi connectivity index (χ1) is 12.2. The Morgan fingerprint density at radius 3 is 1.96 bits per heavy atom. The molecule has 4 nitrogen and oxygen atoms in total. The fourth-order valence-electron chi connectivity index (χ4n) is 2.75. The van der Waals surface area contributed by atoms with Crippen LogP contribution in [0.4, 0.5) is 0 Å². The van der Waals surface area contributed by atoms with Crippen molar-refractivity contribution in [2.45, 2.75) is 19.0 Å². The predicted molar refractivity (Wildman–Crippen MR) is 98.2 cm³/mol. The quantitative estimate of drug-likeness (QED) is 0.754. The van der Waals surface area contributed by atoms with E-state index in [1.165, 1.54) is 6.07 Å². The van der Waals surface area contributed by atoms with Crippen LogP contribution in [-0.4, -0.2) is 10.5 Å². The first-order valence-electron chi connectivity index (χ1n) is 8.29. The van der Waals surface area contributed by atoms with Gasteiger partial charge < -0.3 is 9.88 Å². The molecule has 0 aliphatic heterocycles. The Bertz CT molecular complexity index is 833. The maximum absolute atomic E-state index is 12.5. The first kappa shape index (κ1) is 16.7. The van der Waals surface area contributed by atoms with Crippen molar-refractivity contribution < 1.29 is 4.79 Å². The lowest BCUT2D eigenvalue weighted by molar-refractivity contribution is -0.121. The Hall–Kier alpha value is -3.14. The number of rotatable bonds is 6. The highest BCUT2D eigenvalue weighted by molar-refractivity contribution is 5.77. The van der Waals surface area contributed by atoms with Gasteiger partial charge in [0, 0.05) is 25.2 Å². The fraction of sp³-hybridized carbons (Fsp3) is 0.143. The van der Waals surface area contributed by atoms with Crippen LogP contribution in [0.2, 0.25) is 0 Å². The number of carbonyl (C=O) groups is 1. The molecular formula is C21H20N2O2. The second-order valence-electron chi connectivity index (χ2n) is 5.80. The van der Waals surface area contributed by atoms with Crippen LogP contribution in [0.15, 0.2) is 89.9 Å². The highest BCUT2D eigenvalue weighted by atomic mass is 16.2. The van der Waals surface area contributed by atoms with Crippen LogP contribution < -0.4 is 10.9 Å². The van der Waals surface area contributed by atoms with Crippen LogP contribution in [0.5, 0.6) is 0 Å². The highest BCUT2D eigenvalue weighted by Gasteiger charge is 2.16. The number of hydrogen-bond acceptors (Lipinski definition) is 2. The van der Waals surface area contributed by atoms with Crippen LogP contribution in [0, 0.1) is 0 Å². The molecule has 25 heavy (non-hydrogen) atoms. The third-order valence-electron chi connectivity index (χ3n) is 4.05. The molecular weight excluding hydrogens is 312 g/mol. The number of pyridine rings is 1. The minimum absolute atomic E-state index is 0.0894. The van der Waals surface area contributed by atoms with Crippen molar-refractivity contribution in [3.8, 4) is 0 Å². The van der Waals surface area contributed by atoms with E-state index in [9.17, 15) is 9.59 Å². The number of hydrogen-bond donors (Lipinski definition) is 1. The highest BCUT2D eigenvalue weighted by Crippen LogP contribution is 2.21. The molecule has 2 aromatic carbocycles. The average molecular weight is 332 g/mol. The molecule has 126 valence electrons. The summed E-state index contributed by atoms with van der Waals surface area (Å²) in [5.74, 6) is -0.0894. The van der Waals surface area contributed by atoms with Gasteiger partial charge in [0.1, 0.15) is 0 Å². The van der Waals surface area contributed by atoms with Gasteiger partial charge in [-0.3, -0.25) is 9.59 Å². The molecule has 0 aliphatic carbocycles. The molecule has 1 amide bonds. The van der Waals surface area contributed by atoms with Crippen molar-refractivity contribution in [1.82, 2.24) is 9.88 Å². The molecule has 1 aromatic heterocycles. The minimum atomic E-state index is -0.206. The van der Waals surface area contributed by atoms with Crippen LogP contribution in [0.25, 0.3) is 0 Å². The van der Waals surface area contributed by atoms with Gasteiger partial charge in [0.05, 0.1) is 6.04 Å². The Morgan fingerprint density at radius 1 is 0.840 bits per heavy atom. The monoisotopic (exact) mass is 332 g/mol. The zero-order valence-corrected chi connectivity index (χ0v) is 13.8. The molecule has 0 atom stereocenters. The van der Waals surface area contributed by atoms with Crippen molar-refractivity contribution in [3.63, 3.8) is 0 Å². The van der Waals surface area contributed by atoms with Gasteiger partial charge in [0.2, 0.25) is 5.91 Å². The zero-order chi connectivity index (χ0) is 17.5. The number of amides is 1. The summed E-state index contributed by atoms with van der Waals surface area (Å²) in [6.45, 7) is 0.363. The Morgan fingerprint density at radius 2 is 1.40 bits per heavy atom. The van der Waals surface area contributed by atoms with Gasteiger partial charge in [-0.15, -0.1) is 0 Å². The van der Waals surface area contributed by atoms with E-state index in [1.54, 1.807) is 22.9 Å². The maximum atomic E-state index is 12.5. The van der Waals surface area contributed by atoms with Crippen molar-refractivity contribution in [2.75, 3.05) is 0 Å². The molecule has 0 unspecified atom stereocenters. The summed E-state index contributed by atoms with van der Waals surface area (Å²) in [5.41, 5.74) is 1.95. The van der Waals surface area contributed by atoms with Gasteiger partial charge in [0.15, 0.2) is 0 Å². The van der Waals surface area contributed by atoms with E-state index >= 15 is 0 Å². The van der Waals surface area contributed by atoms with Gasteiger partial charge >= 0.3 is 0 Å². The van der Waals surface area contributed by atoms with Crippen molar-refractivity contribution in [2.24, 2.45) is 0 Å². The molecule has 1 heterocycles. The maximum Gasteiger partial charge on any atom is 0.250 e. The molecule has 0 saturated heterocycles. The van der Waals surface area contributed by atoms with Crippen molar-refractivity contribution >= 4 is 5.91 Å². The Labute approximate surface area is 146 Å². The molecule has 0 bridgehead atoms. The third-order valence-corrected chi connectivity index (χ3v) is 4.05. The van der Waals surface area contributed by atoms with Crippen LogP contribution in [-0.2, 0) is 11.3 Å². The number of nitrogens with zero attached hydrogens (tertiary/aromatic N) is 1. The number of benzene rings is 2.